The maximum absolute atomic E-state index is 3.59. The molecule has 0 amide bonds. The van der Waals surface area contributed by atoms with Crippen LogP contribution in [0.2, 0.25) is 0 Å². The van der Waals surface area contributed by atoms with Crippen molar-refractivity contribution in [2.75, 3.05) is 19.6 Å². The second-order valence-corrected chi connectivity index (χ2v) is 7.26. The second-order valence-electron chi connectivity index (χ2n) is 6.26. The summed E-state index contributed by atoms with van der Waals surface area (Å²) in [7, 11) is 0. The highest BCUT2D eigenvalue weighted by molar-refractivity contribution is 7.10. The number of hydrogen-bond acceptors (Lipinski definition) is 3. The molecule has 0 bridgehead atoms. The molecule has 1 aliphatic rings. The van der Waals surface area contributed by atoms with Crippen LogP contribution in [0.5, 0.6) is 0 Å². The van der Waals surface area contributed by atoms with Gasteiger partial charge in [-0.3, -0.25) is 4.90 Å². The second kappa shape index (κ2) is 6.87. The highest BCUT2D eigenvalue weighted by Gasteiger charge is 2.27. The van der Waals surface area contributed by atoms with Crippen molar-refractivity contribution in [2.24, 2.45) is 11.8 Å². The van der Waals surface area contributed by atoms with E-state index < -0.39 is 0 Å². The third kappa shape index (κ3) is 4.04. The molecule has 1 aromatic heterocycles. The average Bonchev–Trinajstić information content (AvgIpc) is 2.76. The Morgan fingerprint density at radius 1 is 1.37 bits per heavy atom. The van der Waals surface area contributed by atoms with E-state index in [4.69, 9.17) is 0 Å². The van der Waals surface area contributed by atoms with Gasteiger partial charge in [0.25, 0.3) is 0 Å². The Morgan fingerprint density at radius 3 is 2.84 bits per heavy atom. The van der Waals surface area contributed by atoms with Crippen LogP contribution >= 0.6 is 11.3 Å². The van der Waals surface area contributed by atoms with Crippen LogP contribution in [0, 0.1) is 18.8 Å². The first kappa shape index (κ1) is 15.0. The smallest absolute Gasteiger partial charge is 0.0302 e. The van der Waals surface area contributed by atoms with Gasteiger partial charge in [-0.05, 0) is 49.1 Å². The van der Waals surface area contributed by atoms with E-state index in [1.165, 1.54) is 30.0 Å². The van der Waals surface area contributed by atoms with E-state index in [9.17, 15) is 0 Å². The molecule has 0 saturated carbocycles. The first-order chi connectivity index (χ1) is 9.08. The van der Waals surface area contributed by atoms with Crippen LogP contribution in [0.15, 0.2) is 11.4 Å². The molecule has 108 valence electrons. The van der Waals surface area contributed by atoms with Gasteiger partial charge in [-0.25, -0.2) is 0 Å². The topological polar surface area (TPSA) is 15.3 Å². The fourth-order valence-electron chi connectivity index (χ4n) is 3.14. The van der Waals surface area contributed by atoms with Crippen LogP contribution in [0.4, 0.5) is 0 Å². The minimum absolute atomic E-state index is 0.737. The number of hydrogen-bond donors (Lipinski definition) is 1. The van der Waals surface area contributed by atoms with Crippen molar-refractivity contribution in [2.45, 2.75) is 46.7 Å². The summed E-state index contributed by atoms with van der Waals surface area (Å²) < 4.78 is 0. The standard InChI is InChI=1S/C16H28N2S/c1-12-9-14(3)15(4)18(11-12)7-6-17-10-16-13(2)5-8-19-16/h5,8,12,14-15,17H,6-7,9-11H2,1-4H3. The number of nitrogens with one attached hydrogen (secondary N) is 1. The SMILES string of the molecule is Cc1ccsc1CNCCN1CC(C)CC(C)C1C. The Balaban J connectivity index is 1.71. The van der Waals surface area contributed by atoms with Gasteiger partial charge < -0.3 is 5.32 Å². The highest BCUT2D eigenvalue weighted by atomic mass is 32.1. The number of rotatable bonds is 5. The lowest BCUT2D eigenvalue weighted by Crippen LogP contribution is -2.47. The molecule has 0 aliphatic carbocycles. The third-order valence-electron chi connectivity index (χ3n) is 4.55. The lowest BCUT2D eigenvalue weighted by Gasteiger charge is -2.41. The predicted octanol–water partition coefficient (Wildman–Crippen LogP) is 3.51. The molecule has 3 unspecified atom stereocenters. The summed E-state index contributed by atoms with van der Waals surface area (Å²) in [6, 6.07) is 2.94. The molecule has 0 radical (unpaired) electrons. The molecular formula is C16H28N2S. The summed E-state index contributed by atoms with van der Waals surface area (Å²) in [6.45, 7) is 13.9. The van der Waals surface area contributed by atoms with Crippen molar-refractivity contribution in [3.05, 3.63) is 21.9 Å². The minimum Gasteiger partial charge on any atom is -0.311 e. The predicted molar refractivity (Wildman–Crippen MR) is 84.7 cm³/mol. The van der Waals surface area contributed by atoms with Crippen LogP contribution in [0.1, 0.15) is 37.6 Å². The third-order valence-corrected chi connectivity index (χ3v) is 5.57. The monoisotopic (exact) mass is 280 g/mol. The summed E-state index contributed by atoms with van der Waals surface area (Å²) in [4.78, 5) is 4.14. The van der Waals surface area contributed by atoms with Gasteiger partial charge in [-0.15, -0.1) is 11.3 Å². The Morgan fingerprint density at radius 2 is 2.16 bits per heavy atom. The molecular weight excluding hydrogens is 252 g/mol. The van der Waals surface area contributed by atoms with E-state index in [0.29, 0.717) is 0 Å². The molecule has 2 nitrogen and oxygen atoms in total. The molecule has 1 aliphatic heterocycles. The van der Waals surface area contributed by atoms with Gasteiger partial charge >= 0.3 is 0 Å². The summed E-state index contributed by atoms with van der Waals surface area (Å²) in [5, 5.41) is 5.78. The van der Waals surface area contributed by atoms with Crippen LogP contribution in [0.25, 0.3) is 0 Å². The van der Waals surface area contributed by atoms with Crippen molar-refractivity contribution >= 4 is 11.3 Å². The van der Waals surface area contributed by atoms with Crippen LogP contribution < -0.4 is 5.32 Å². The number of thiophene rings is 1. The molecule has 3 atom stereocenters. The zero-order valence-corrected chi connectivity index (χ0v) is 13.6. The Hall–Kier alpha value is -0.380. The quantitative estimate of drug-likeness (QED) is 0.830. The van der Waals surface area contributed by atoms with E-state index in [0.717, 1.165) is 31.0 Å². The van der Waals surface area contributed by atoms with Crippen molar-refractivity contribution in [1.82, 2.24) is 10.2 Å². The highest BCUT2D eigenvalue weighted by Crippen LogP contribution is 2.26. The van der Waals surface area contributed by atoms with Gasteiger partial charge in [0.2, 0.25) is 0 Å². The largest absolute Gasteiger partial charge is 0.311 e. The number of piperidine rings is 1. The summed E-state index contributed by atoms with van der Waals surface area (Å²) >= 11 is 1.86. The average molecular weight is 280 g/mol. The maximum atomic E-state index is 3.59. The maximum Gasteiger partial charge on any atom is 0.0302 e. The van der Waals surface area contributed by atoms with Gasteiger partial charge in [0, 0.05) is 37.1 Å². The zero-order chi connectivity index (χ0) is 13.8. The van der Waals surface area contributed by atoms with Crippen molar-refractivity contribution in [1.29, 1.82) is 0 Å². The van der Waals surface area contributed by atoms with Gasteiger partial charge in [0.05, 0.1) is 0 Å². The molecule has 19 heavy (non-hydrogen) atoms. The van der Waals surface area contributed by atoms with Crippen LogP contribution in [-0.2, 0) is 6.54 Å². The van der Waals surface area contributed by atoms with E-state index >= 15 is 0 Å². The van der Waals surface area contributed by atoms with Crippen molar-refractivity contribution in [3.8, 4) is 0 Å². The lowest BCUT2D eigenvalue weighted by atomic mass is 9.86. The number of nitrogens with zero attached hydrogens (tertiary/aromatic N) is 1. The van der Waals surface area contributed by atoms with Gasteiger partial charge in [0.1, 0.15) is 0 Å². The summed E-state index contributed by atoms with van der Waals surface area (Å²) in [5.74, 6) is 1.69. The first-order valence-corrected chi connectivity index (χ1v) is 8.43. The van der Waals surface area contributed by atoms with E-state index in [1.54, 1.807) is 0 Å². The fraction of sp³-hybridized carbons (Fsp3) is 0.750. The molecule has 0 aromatic carbocycles. The summed E-state index contributed by atoms with van der Waals surface area (Å²) in [5.41, 5.74) is 1.42. The molecule has 0 spiro atoms. The molecule has 1 N–H and O–H groups in total. The van der Waals surface area contributed by atoms with Gasteiger partial charge in [-0.1, -0.05) is 13.8 Å². The van der Waals surface area contributed by atoms with E-state index in [1.807, 2.05) is 11.3 Å². The van der Waals surface area contributed by atoms with Gasteiger partial charge in [0.15, 0.2) is 0 Å². The lowest BCUT2D eigenvalue weighted by molar-refractivity contribution is 0.0807. The fourth-order valence-corrected chi connectivity index (χ4v) is 4.01. The zero-order valence-electron chi connectivity index (χ0n) is 12.8. The molecule has 2 heterocycles. The van der Waals surface area contributed by atoms with Crippen molar-refractivity contribution < 1.29 is 0 Å². The van der Waals surface area contributed by atoms with Crippen molar-refractivity contribution in [3.63, 3.8) is 0 Å². The molecule has 1 saturated heterocycles. The minimum atomic E-state index is 0.737. The van der Waals surface area contributed by atoms with E-state index in [2.05, 4.69) is 49.4 Å². The molecule has 1 fully saturated rings. The molecule has 1 aromatic rings. The number of likely N-dealkylation sites (tertiary alicyclic amines) is 1. The Kier molecular flexibility index (Phi) is 5.43. The van der Waals surface area contributed by atoms with E-state index in [-0.39, 0.29) is 0 Å². The first-order valence-electron chi connectivity index (χ1n) is 7.55. The van der Waals surface area contributed by atoms with Crippen LogP contribution in [0.3, 0.4) is 0 Å². The Labute approximate surface area is 122 Å². The Bertz CT molecular complexity index is 388. The molecule has 2 rings (SSSR count). The van der Waals surface area contributed by atoms with Crippen LogP contribution in [-0.4, -0.2) is 30.6 Å². The number of aryl methyl sites for hydroxylation is 1. The summed E-state index contributed by atoms with van der Waals surface area (Å²) in [6.07, 6.45) is 1.39. The molecule has 3 heteroatoms. The van der Waals surface area contributed by atoms with Gasteiger partial charge in [-0.2, -0.15) is 0 Å². The normalized spacial score (nSPS) is 28.7.